The van der Waals surface area contributed by atoms with Crippen LogP contribution in [0.15, 0.2) is 23.8 Å². The molecule has 1 N–H and O–H groups in total. The van der Waals surface area contributed by atoms with Crippen LogP contribution in [0.5, 0.6) is 0 Å². The summed E-state index contributed by atoms with van der Waals surface area (Å²) in [5, 5.41) is 12.5. The molecule has 0 radical (unpaired) electrons. The molecular weight excluding hydrogens is 737 g/mol. The maximum absolute atomic E-state index is 12.5. The largest absolute Gasteiger partial charge is 0.386 e. The predicted molar refractivity (Wildman–Crippen MR) is 280 cm³/mol. The first-order valence-corrected chi connectivity index (χ1v) is 29.2. The Bertz CT molecular complexity index is 817. The molecule has 0 aliphatic heterocycles. The maximum atomic E-state index is 12.5. The quantitative estimate of drug-likeness (QED) is 0.0477. The van der Waals surface area contributed by atoms with Gasteiger partial charge in [-0.15, -0.1) is 0 Å². The molecule has 0 aromatic carbocycles. The van der Waals surface area contributed by atoms with Crippen molar-refractivity contribution in [1.29, 1.82) is 0 Å². The average molecular weight is 856 g/mol. The maximum Gasteiger partial charge on any atom is 0.0859 e. The summed E-state index contributed by atoms with van der Waals surface area (Å²) < 4.78 is 0. The van der Waals surface area contributed by atoms with E-state index in [9.17, 15) is 5.11 Å². The zero-order valence-electron chi connectivity index (χ0n) is 43.2. The van der Waals surface area contributed by atoms with Crippen molar-refractivity contribution >= 4 is 0 Å². The number of hydrogen-bond acceptors (Lipinski definition) is 1. The highest BCUT2D eigenvalue weighted by molar-refractivity contribution is 5.22. The van der Waals surface area contributed by atoms with Gasteiger partial charge in [-0.2, -0.15) is 0 Å². The third-order valence-electron chi connectivity index (χ3n) is 14.3. The smallest absolute Gasteiger partial charge is 0.0859 e. The van der Waals surface area contributed by atoms with Gasteiger partial charge in [0.15, 0.2) is 0 Å². The fraction of sp³-hybridized carbons (Fsp3) is 0.933. The Morgan fingerprint density at radius 3 is 0.705 bits per heavy atom. The van der Waals surface area contributed by atoms with Crippen molar-refractivity contribution in [3.05, 3.63) is 23.8 Å². The molecule has 0 unspecified atom stereocenters. The summed E-state index contributed by atoms with van der Waals surface area (Å²) in [6.07, 6.45) is 77.2. The summed E-state index contributed by atoms with van der Waals surface area (Å²) in [7, 11) is 0. The Labute approximate surface area is 388 Å². The lowest BCUT2D eigenvalue weighted by atomic mass is 9.80. The highest BCUT2D eigenvalue weighted by Gasteiger charge is 2.30. The molecule has 0 atom stereocenters. The summed E-state index contributed by atoms with van der Waals surface area (Å²) in [6, 6.07) is 0. The molecule has 0 saturated carbocycles. The van der Waals surface area contributed by atoms with Gasteiger partial charge >= 0.3 is 0 Å². The van der Waals surface area contributed by atoms with Gasteiger partial charge in [0.05, 0.1) is 5.60 Å². The van der Waals surface area contributed by atoms with Crippen LogP contribution < -0.4 is 0 Å². The second-order valence-corrected chi connectivity index (χ2v) is 20.4. The van der Waals surface area contributed by atoms with Crippen LogP contribution in [0, 0.1) is 0 Å². The summed E-state index contributed by atoms with van der Waals surface area (Å²) in [5.41, 5.74) is 0.735. The fourth-order valence-corrected chi connectivity index (χ4v) is 9.92. The minimum atomic E-state index is -0.610. The number of hydrogen-bond donors (Lipinski definition) is 1. The first-order chi connectivity index (χ1) is 30.1. The van der Waals surface area contributed by atoms with E-state index in [1.54, 1.807) is 0 Å². The molecule has 364 valence electrons. The highest BCUT2D eigenvalue weighted by atomic mass is 16.3. The first kappa shape index (κ1) is 60.4. The van der Waals surface area contributed by atoms with E-state index >= 15 is 0 Å². The second kappa shape index (κ2) is 52.1. The van der Waals surface area contributed by atoms with E-state index in [4.69, 9.17) is 0 Å². The van der Waals surface area contributed by atoms with E-state index in [-0.39, 0.29) is 0 Å². The number of aliphatic hydroxyl groups is 1. The van der Waals surface area contributed by atoms with Crippen LogP contribution in [0.25, 0.3) is 0 Å². The van der Waals surface area contributed by atoms with Gasteiger partial charge in [-0.3, -0.25) is 0 Å². The van der Waals surface area contributed by atoms with Crippen LogP contribution in [0.2, 0.25) is 0 Å². The molecule has 0 aliphatic rings. The van der Waals surface area contributed by atoms with Gasteiger partial charge < -0.3 is 5.11 Å². The zero-order valence-corrected chi connectivity index (χ0v) is 43.2. The Kier molecular flexibility index (Phi) is 51.6. The van der Waals surface area contributed by atoms with Gasteiger partial charge in [-0.05, 0) is 38.2 Å². The molecule has 0 aliphatic carbocycles. The van der Waals surface area contributed by atoms with E-state index in [0.29, 0.717) is 0 Å². The Morgan fingerprint density at radius 1 is 0.295 bits per heavy atom. The van der Waals surface area contributed by atoms with Crippen molar-refractivity contribution in [2.24, 2.45) is 0 Å². The van der Waals surface area contributed by atoms with Crippen molar-refractivity contribution in [2.75, 3.05) is 0 Å². The fourth-order valence-electron chi connectivity index (χ4n) is 9.92. The summed E-state index contributed by atoms with van der Waals surface area (Å²) in [5.74, 6) is 0. The van der Waals surface area contributed by atoms with Gasteiger partial charge in [0.1, 0.15) is 0 Å². The molecule has 0 fully saturated rings. The molecule has 1 heteroatoms. The van der Waals surface area contributed by atoms with Crippen LogP contribution in [0.3, 0.4) is 0 Å². The van der Waals surface area contributed by atoms with E-state index in [1.165, 1.54) is 314 Å². The summed E-state index contributed by atoms with van der Waals surface area (Å²) in [6.45, 7) is 9.07. The lowest BCUT2D eigenvalue weighted by molar-refractivity contribution is 0.0504. The van der Waals surface area contributed by atoms with Crippen molar-refractivity contribution < 1.29 is 5.11 Å². The molecule has 61 heavy (non-hydrogen) atoms. The Morgan fingerprint density at radius 2 is 0.492 bits per heavy atom. The number of allylic oxidation sites excluding steroid dienone is 3. The first-order valence-electron chi connectivity index (χ1n) is 29.2. The van der Waals surface area contributed by atoms with Crippen LogP contribution in [-0.4, -0.2) is 10.7 Å². The predicted octanol–water partition coefficient (Wildman–Crippen LogP) is 22.2. The molecule has 0 amide bonds. The number of unbranched alkanes of at least 4 members (excludes halogenated alkanes) is 45. The van der Waals surface area contributed by atoms with Crippen molar-refractivity contribution in [1.82, 2.24) is 0 Å². The molecule has 0 aromatic rings. The highest BCUT2D eigenvalue weighted by Crippen LogP contribution is 2.34. The zero-order chi connectivity index (χ0) is 44.3. The van der Waals surface area contributed by atoms with Crippen molar-refractivity contribution in [3.8, 4) is 0 Å². The third kappa shape index (κ3) is 45.8. The van der Waals surface area contributed by atoms with Crippen molar-refractivity contribution in [2.45, 2.75) is 361 Å². The van der Waals surface area contributed by atoms with E-state index in [0.717, 1.165) is 19.3 Å². The van der Waals surface area contributed by atoms with Crippen LogP contribution in [0.1, 0.15) is 355 Å². The molecule has 0 bridgehead atoms. The standard InChI is InChI=1S/C60H118O/c1-5-9-13-16-19-22-25-28-31-34-37-40-43-46-49-52-56-59(55-12-8-4)60(61,57-53-50-47-44-41-38-35-32-29-26-23-20-17-14-10-6-2)58-54-51-48-45-42-39-36-33-30-27-24-21-18-15-11-7-3/h8,12,55,61H,5-7,9-11,13-54,56-58H2,1-4H3. The number of rotatable bonds is 53. The third-order valence-corrected chi connectivity index (χ3v) is 14.3. The normalized spacial score (nSPS) is 12.4. The van der Waals surface area contributed by atoms with Gasteiger partial charge in [-0.1, -0.05) is 341 Å². The monoisotopic (exact) mass is 855 g/mol. The molecular formula is C60H118O. The van der Waals surface area contributed by atoms with E-state index < -0.39 is 5.60 Å². The Balaban J connectivity index is 4.55. The van der Waals surface area contributed by atoms with Crippen molar-refractivity contribution in [3.63, 3.8) is 0 Å². The molecule has 0 heterocycles. The molecule has 0 saturated heterocycles. The minimum Gasteiger partial charge on any atom is -0.386 e. The molecule has 0 spiro atoms. The van der Waals surface area contributed by atoms with Crippen LogP contribution in [-0.2, 0) is 0 Å². The van der Waals surface area contributed by atoms with E-state index in [1.807, 2.05) is 0 Å². The average Bonchev–Trinajstić information content (AvgIpc) is 3.26. The van der Waals surface area contributed by atoms with Gasteiger partial charge in [0.25, 0.3) is 0 Å². The van der Waals surface area contributed by atoms with Gasteiger partial charge in [0.2, 0.25) is 0 Å². The van der Waals surface area contributed by atoms with Gasteiger partial charge in [-0.25, -0.2) is 0 Å². The minimum absolute atomic E-state index is 0.610. The lowest BCUT2D eigenvalue weighted by Crippen LogP contribution is -2.31. The van der Waals surface area contributed by atoms with Crippen LogP contribution in [0.4, 0.5) is 0 Å². The summed E-state index contributed by atoms with van der Waals surface area (Å²) in [4.78, 5) is 0. The second-order valence-electron chi connectivity index (χ2n) is 20.4. The molecule has 0 aromatic heterocycles. The SMILES string of the molecule is CC=CC=C(CCCCCCCCCCCCCCCCCC)C(O)(CCCCCCCCCCCCCCCCCC)CCCCCCCCCCCCCCCCCC. The molecule has 1 nitrogen and oxygen atoms in total. The van der Waals surface area contributed by atoms with Gasteiger partial charge in [0, 0.05) is 0 Å². The lowest BCUT2D eigenvalue weighted by Gasteiger charge is -2.32. The van der Waals surface area contributed by atoms with Crippen LogP contribution >= 0.6 is 0 Å². The summed E-state index contributed by atoms with van der Waals surface area (Å²) >= 11 is 0. The van der Waals surface area contributed by atoms with E-state index in [2.05, 4.69) is 45.9 Å². The molecule has 0 rings (SSSR count). The Hall–Kier alpha value is -0.560. The topological polar surface area (TPSA) is 20.2 Å².